The van der Waals surface area contributed by atoms with Crippen molar-refractivity contribution in [2.45, 2.75) is 31.2 Å². The van der Waals surface area contributed by atoms with Crippen molar-refractivity contribution in [3.63, 3.8) is 0 Å². The Bertz CT molecular complexity index is 814. The van der Waals surface area contributed by atoms with Crippen LogP contribution in [-0.4, -0.2) is 27.2 Å². The Labute approximate surface area is 148 Å². The maximum Gasteiger partial charge on any atom is 0.220 e. The van der Waals surface area contributed by atoms with Gasteiger partial charge in [-0.1, -0.05) is 29.8 Å². The Kier molecular flexibility index (Phi) is 6.58. The average molecular weight is 361 g/mol. The van der Waals surface area contributed by atoms with Crippen LogP contribution in [0.2, 0.25) is 0 Å². The van der Waals surface area contributed by atoms with Gasteiger partial charge >= 0.3 is 0 Å². The topological polar surface area (TPSA) is 72.5 Å². The van der Waals surface area contributed by atoms with Gasteiger partial charge < -0.3 is 10.1 Å². The maximum absolute atomic E-state index is 11.8. The van der Waals surface area contributed by atoms with Gasteiger partial charge in [-0.05, 0) is 43.2 Å². The van der Waals surface area contributed by atoms with E-state index in [0.717, 1.165) is 11.8 Å². The molecule has 5 nitrogen and oxygen atoms in total. The number of rotatable bonds is 8. The van der Waals surface area contributed by atoms with Gasteiger partial charge in [0.25, 0.3) is 0 Å². The van der Waals surface area contributed by atoms with Crippen molar-refractivity contribution in [1.82, 2.24) is 5.32 Å². The molecule has 2 aromatic rings. The van der Waals surface area contributed by atoms with E-state index in [2.05, 4.69) is 5.32 Å². The molecule has 0 saturated heterocycles. The predicted octanol–water partition coefficient (Wildman–Crippen LogP) is 2.87. The minimum absolute atomic E-state index is 0.0162. The lowest BCUT2D eigenvalue weighted by Gasteiger charge is -2.08. The summed E-state index contributed by atoms with van der Waals surface area (Å²) in [6, 6.07) is 14.3. The summed E-state index contributed by atoms with van der Waals surface area (Å²) in [5, 5.41) is 2.89. The fraction of sp³-hybridized carbons (Fsp3) is 0.316. The molecule has 0 atom stereocenters. The molecule has 0 unspecified atom stereocenters. The van der Waals surface area contributed by atoms with Crippen LogP contribution in [0.25, 0.3) is 0 Å². The van der Waals surface area contributed by atoms with Crippen molar-refractivity contribution in [1.29, 1.82) is 0 Å². The molecule has 0 aliphatic heterocycles. The molecule has 0 fully saturated rings. The van der Waals surface area contributed by atoms with Crippen LogP contribution in [0.3, 0.4) is 0 Å². The predicted molar refractivity (Wildman–Crippen MR) is 97.3 cm³/mol. The fourth-order valence-corrected chi connectivity index (χ4v) is 2.95. The highest BCUT2D eigenvalue weighted by molar-refractivity contribution is 7.90. The molecule has 0 saturated carbocycles. The van der Waals surface area contributed by atoms with Crippen LogP contribution < -0.4 is 10.1 Å². The third-order valence-electron chi connectivity index (χ3n) is 3.64. The number of carbonyl (C=O) groups is 1. The lowest BCUT2D eigenvalue weighted by Crippen LogP contribution is -2.23. The first-order valence-electron chi connectivity index (χ1n) is 8.10. The second-order valence-electron chi connectivity index (χ2n) is 5.96. The summed E-state index contributed by atoms with van der Waals surface area (Å²) in [7, 11) is -3.20. The van der Waals surface area contributed by atoms with Crippen LogP contribution in [-0.2, 0) is 21.2 Å². The average Bonchev–Trinajstić information content (AvgIpc) is 2.57. The largest absolute Gasteiger partial charge is 0.494 e. The van der Waals surface area contributed by atoms with Gasteiger partial charge in [0.15, 0.2) is 9.84 Å². The molecule has 6 heteroatoms. The first-order chi connectivity index (χ1) is 11.8. The second-order valence-corrected chi connectivity index (χ2v) is 7.98. The van der Waals surface area contributed by atoms with Gasteiger partial charge in [0.05, 0.1) is 11.5 Å². The Hall–Kier alpha value is -2.34. The molecular weight excluding hydrogens is 338 g/mol. The molecule has 0 radical (unpaired) electrons. The van der Waals surface area contributed by atoms with Crippen LogP contribution >= 0.6 is 0 Å². The minimum Gasteiger partial charge on any atom is -0.494 e. The Balaban J connectivity index is 1.67. The number of hydrogen-bond donors (Lipinski definition) is 1. The fourth-order valence-electron chi connectivity index (χ4n) is 2.32. The highest BCUT2D eigenvalue weighted by Gasteiger charge is 2.06. The van der Waals surface area contributed by atoms with Crippen molar-refractivity contribution < 1.29 is 17.9 Å². The van der Waals surface area contributed by atoms with E-state index in [-0.39, 0.29) is 10.8 Å². The smallest absolute Gasteiger partial charge is 0.220 e. The normalized spacial score (nSPS) is 11.1. The van der Waals surface area contributed by atoms with E-state index in [9.17, 15) is 13.2 Å². The molecule has 1 amide bonds. The highest BCUT2D eigenvalue weighted by atomic mass is 32.2. The summed E-state index contributed by atoms with van der Waals surface area (Å²) in [5.74, 6) is 0.574. The van der Waals surface area contributed by atoms with Gasteiger partial charge in [0.2, 0.25) is 5.91 Å². The van der Waals surface area contributed by atoms with Crippen molar-refractivity contribution in [2.24, 2.45) is 0 Å². The van der Waals surface area contributed by atoms with E-state index < -0.39 is 9.84 Å². The van der Waals surface area contributed by atoms with Crippen molar-refractivity contribution in [2.75, 3.05) is 12.9 Å². The zero-order valence-corrected chi connectivity index (χ0v) is 15.3. The molecule has 0 aromatic heterocycles. The van der Waals surface area contributed by atoms with Crippen LogP contribution in [0.1, 0.15) is 24.0 Å². The van der Waals surface area contributed by atoms with E-state index in [0.29, 0.717) is 31.7 Å². The number of ether oxygens (including phenoxy) is 1. The summed E-state index contributed by atoms with van der Waals surface area (Å²) in [6.07, 6.45) is 2.14. The van der Waals surface area contributed by atoms with Gasteiger partial charge in [-0.15, -0.1) is 0 Å². The summed E-state index contributed by atoms with van der Waals surface area (Å²) in [5.41, 5.74) is 2.25. The van der Waals surface area contributed by atoms with Crippen LogP contribution in [0, 0.1) is 6.92 Å². The Morgan fingerprint density at radius 3 is 2.48 bits per heavy atom. The number of sulfone groups is 1. The third-order valence-corrected chi connectivity index (χ3v) is 4.77. The molecule has 1 N–H and O–H groups in total. The molecule has 0 heterocycles. The molecule has 2 aromatic carbocycles. The summed E-state index contributed by atoms with van der Waals surface area (Å²) >= 11 is 0. The van der Waals surface area contributed by atoms with E-state index in [1.807, 2.05) is 31.2 Å². The number of nitrogens with one attached hydrogen (secondary N) is 1. The minimum atomic E-state index is -3.20. The first-order valence-corrected chi connectivity index (χ1v) is 9.99. The molecule has 0 aliphatic rings. The zero-order valence-electron chi connectivity index (χ0n) is 14.5. The SMILES string of the molecule is Cc1cccc(CNC(=O)CCCOc2ccc(S(C)(=O)=O)cc2)c1. The Morgan fingerprint density at radius 1 is 1.12 bits per heavy atom. The summed E-state index contributed by atoms with van der Waals surface area (Å²) in [6.45, 7) is 2.94. The van der Waals surface area contributed by atoms with Crippen molar-refractivity contribution >= 4 is 15.7 Å². The number of hydrogen-bond acceptors (Lipinski definition) is 4. The van der Waals surface area contributed by atoms with Crippen LogP contribution in [0.4, 0.5) is 0 Å². The zero-order chi connectivity index (χ0) is 18.3. The van der Waals surface area contributed by atoms with E-state index in [4.69, 9.17) is 4.74 Å². The van der Waals surface area contributed by atoms with E-state index in [1.54, 1.807) is 12.1 Å². The molecular formula is C19H23NO4S. The number of aryl methyl sites for hydroxylation is 1. The number of benzene rings is 2. The first kappa shape index (κ1) is 19.0. The number of carbonyl (C=O) groups excluding carboxylic acids is 1. The lowest BCUT2D eigenvalue weighted by molar-refractivity contribution is -0.121. The van der Waals surface area contributed by atoms with Crippen LogP contribution in [0.15, 0.2) is 53.4 Å². The molecule has 0 spiro atoms. The molecule has 0 bridgehead atoms. The van der Waals surface area contributed by atoms with Gasteiger partial charge in [-0.25, -0.2) is 8.42 Å². The quantitative estimate of drug-likeness (QED) is 0.734. The van der Waals surface area contributed by atoms with E-state index >= 15 is 0 Å². The van der Waals surface area contributed by atoms with Gasteiger partial charge in [-0.3, -0.25) is 4.79 Å². The van der Waals surface area contributed by atoms with Crippen molar-refractivity contribution in [3.05, 3.63) is 59.7 Å². The van der Waals surface area contributed by atoms with Crippen LogP contribution in [0.5, 0.6) is 5.75 Å². The molecule has 2 rings (SSSR count). The molecule has 25 heavy (non-hydrogen) atoms. The third kappa shape index (κ3) is 6.58. The highest BCUT2D eigenvalue weighted by Crippen LogP contribution is 2.16. The van der Waals surface area contributed by atoms with Gasteiger partial charge in [0, 0.05) is 19.2 Å². The summed E-state index contributed by atoms with van der Waals surface area (Å²) < 4.78 is 28.3. The second kappa shape index (κ2) is 8.67. The molecule has 0 aliphatic carbocycles. The monoisotopic (exact) mass is 361 g/mol. The van der Waals surface area contributed by atoms with Crippen molar-refractivity contribution in [3.8, 4) is 5.75 Å². The maximum atomic E-state index is 11.8. The standard InChI is InChI=1S/C19H23NO4S/c1-15-5-3-6-16(13-15)14-20-19(21)7-4-12-24-17-8-10-18(11-9-17)25(2,22)23/h3,5-6,8-11,13H,4,7,12,14H2,1-2H3,(H,20,21). The van der Waals surface area contributed by atoms with E-state index in [1.165, 1.54) is 17.7 Å². The van der Waals surface area contributed by atoms with Gasteiger partial charge in [-0.2, -0.15) is 0 Å². The molecule has 134 valence electrons. The Morgan fingerprint density at radius 2 is 1.84 bits per heavy atom. The number of amides is 1. The lowest BCUT2D eigenvalue weighted by atomic mass is 10.1. The van der Waals surface area contributed by atoms with Gasteiger partial charge in [0.1, 0.15) is 5.75 Å². The summed E-state index contributed by atoms with van der Waals surface area (Å²) in [4.78, 5) is 12.1.